The predicted octanol–water partition coefficient (Wildman–Crippen LogP) is 3.02. The van der Waals surface area contributed by atoms with Crippen molar-refractivity contribution in [2.75, 3.05) is 50.8 Å². The first-order chi connectivity index (χ1) is 14.8. The molecule has 0 saturated carbocycles. The predicted molar refractivity (Wildman–Crippen MR) is 123 cm³/mol. The van der Waals surface area contributed by atoms with Crippen LogP contribution in [0.2, 0.25) is 0 Å². The highest BCUT2D eigenvalue weighted by molar-refractivity contribution is 5.78. The van der Waals surface area contributed by atoms with Crippen LogP contribution in [0.25, 0.3) is 0 Å². The molecule has 2 aliphatic heterocycles. The Labute approximate surface area is 179 Å². The van der Waals surface area contributed by atoms with E-state index in [0.29, 0.717) is 12.6 Å². The summed E-state index contributed by atoms with van der Waals surface area (Å²) in [6, 6.07) is 19.0. The van der Waals surface area contributed by atoms with Gasteiger partial charge in [0.2, 0.25) is 0 Å². The molecule has 6 heteroatoms. The van der Waals surface area contributed by atoms with Crippen molar-refractivity contribution in [3.05, 3.63) is 60.2 Å². The van der Waals surface area contributed by atoms with Gasteiger partial charge in [0, 0.05) is 50.4 Å². The first kappa shape index (κ1) is 20.5. The Morgan fingerprint density at radius 2 is 1.77 bits per heavy atom. The number of fused-ring (bicyclic) bond motifs is 1. The van der Waals surface area contributed by atoms with Crippen molar-refractivity contribution in [1.82, 2.24) is 10.2 Å². The summed E-state index contributed by atoms with van der Waals surface area (Å²) in [6.45, 7) is 7.08. The Hall–Kier alpha value is -2.73. The van der Waals surface area contributed by atoms with Gasteiger partial charge in [-0.2, -0.15) is 0 Å². The van der Waals surface area contributed by atoms with Crippen LogP contribution in [-0.4, -0.2) is 56.7 Å². The molecular weight excluding hydrogens is 374 g/mol. The highest BCUT2D eigenvalue weighted by atomic mass is 16.5. The van der Waals surface area contributed by atoms with Gasteiger partial charge in [-0.25, -0.2) is 0 Å². The Kier molecular flexibility index (Phi) is 7.08. The molecule has 1 saturated heterocycles. The second-order valence-corrected chi connectivity index (χ2v) is 8.01. The highest BCUT2D eigenvalue weighted by Gasteiger charge is 2.21. The molecule has 2 aromatic rings. The number of anilines is 1. The van der Waals surface area contributed by atoms with Gasteiger partial charge in [0.25, 0.3) is 0 Å². The number of nitrogens with zero attached hydrogens (tertiary/aromatic N) is 3. The minimum absolute atomic E-state index is 0.180. The maximum absolute atomic E-state index is 6.14. The minimum Gasteiger partial charge on any atom is -0.493 e. The standard InChI is InChI=1S/C24H33N5O/c25-24(27-22-12-19-30-23-11-5-4-10-21(22)23)26-13-6-7-14-28-15-17-29(18-16-28)20-8-2-1-3-9-20/h1-5,8-11,22H,6-7,12-19H2,(H3,25,26,27). The van der Waals surface area contributed by atoms with E-state index >= 15 is 0 Å². The molecule has 3 N–H and O–H groups in total. The quantitative estimate of drug-likeness (QED) is 0.420. The zero-order valence-electron chi connectivity index (χ0n) is 17.7. The fraction of sp³-hybridized carbons (Fsp3) is 0.458. The van der Waals surface area contributed by atoms with Crippen molar-refractivity contribution in [3.8, 4) is 5.75 Å². The van der Waals surface area contributed by atoms with Gasteiger partial charge in [0.05, 0.1) is 12.6 Å². The van der Waals surface area contributed by atoms with E-state index in [-0.39, 0.29) is 6.04 Å². The van der Waals surface area contributed by atoms with E-state index in [1.54, 1.807) is 0 Å². The van der Waals surface area contributed by atoms with E-state index in [1.165, 1.54) is 5.69 Å². The normalized spacial score (nSPS) is 19.8. The summed E-state index contributed by atoms with van der Waals surface area (Å²) < 4.78 is 5.71. The van der Waals surface area contributed by atoms with Crippen LogP contribution in [0.15, 0.2) is 59.6 Å². The number of nitrogens with two attached hydrogens (primary N) is 1. The Balaban J connectivity index is 1.13. The summed E-state index contributed by atoms with van der Waals surface area (Å²) in [6.07, 6.45) is 3.12. The Morgan fingerprint density at radius 1 is 1.00 bits per heavy atom. The number of piperazine rings is 1. The lowest BCUT2D eigenvalue weighted by atomic mass is 10.0. The molecule has 1 atom stereocenters. The second-order valence-electron chi connectivity index (χ2n) is 8.01. The second kappa shape index (κ2) is 10.3. The van der Waals surface area contributed by atoms with Crippen LogP contribution < -0.4 is 20.7 Å². The number of rotatable bonds is 7. The number of para-hydroxylation sites is 2. The first-order valence-corrected chi connectivity index (χ1v) is 11.1. The summed E-state index contributed by atoms with van der Waals surface area (Å²) >= 11 is 0. The fourth-order valence-electron chi connectivity index (χ4n) is 4.23. The number of unbranched alkanes of at least 4 members (excludes halogenated alkanes) is 1. The van der Waals surface area contributed by atoms with Gasteiger partial charge in [0.1, 0.15) is 5.75 Å². The molecule has 30 heavy (non-hydrogen) atoms. The third kappa shape index (κ3) is 5.45. The highest BCUT2D eigenvalue weighted by Crippen LogP contribution is 2.31. The van der Waals surface area contributed by atoms with Crippen LogP contribution >= 0.6 is 0 Å². The number of hydrogen-bond donors (Lipinski definition) is 2. The topological polar surface area (TPSA) is 66.1 Å². The monoisotopic (exact) mass is 407 g/mol. The molecule has 2 heterocycles. The van der Waals surface area contributed by atoms with E-state index in [2.05, 4.69) is 56.5 Å². The van der Waals surface area contributed by atoms with Crippen LogP contribution in [0.1, 0.15) is 30.9 Å². The molecule has 2 aromatic carbocycles. The molecule has 0 bridgehead atoms. The van der Waals surface area contributed by atoms with Crippen LogP contribution in [0, 0.1) is 0 Å². The zero-order valence-corrected chi connectivity index (χ0v) is 17.7. The molecule has 6 nitrogen and oxygen atoms in total. The number of nitrogens with one attached hydrogen (secondary N) is 1. The maximum Gasteiger partial charge on any atom is 0.189 e. The number of hydrogen-bond acceptors (Lipinski definition) is 4. The zero-order chi connectivity index (χ0) is 20.6. The number of aliphatic imine (C=N–C) groups is 1. The molecule has 1 fully saturated rings. The average molecular weight is 408 g/mol. The SMILES string of the molecule is NC(=NCCCCN1CCN(c2ccccc2)CC1)NC1CCOc2ccccc21. The van der Waals surface area contributed by atoms with Crippen molar-refractivity contribution in [3.63, 3.8) is 0 Å². The summed E-state index contributed by atoms with van der Waals surface area (Å²) in [7, 11) is 0. The van der Waals surface area contributed by atoms with Gasteiger partial charge in [-0.1, -0.05) is 36.4 Å². The molecule has 1 unspecified atom stereocenters. The fourth-order valence-corrected chi connectivity index (χ4v) is 4.23. The van der Waals surface area contributed by atoms with Gasteiger partial charge in [-0.3, -0.25) is 9.89 Å². The summed E-state index contributed by atoms with van der Waals surface area (Å²) in [5, 5.41) is 3.37. The largest absolute Gasteiger partial charge is 0.493 e. The maximum atomic E-state index is 6.14. The van der Waals surface area contributed by atoms with E-state index in [4.69, 9.17) is 10.5 Å². The molecule has 0 spiro atoms. The smallest absolute Gasteiger partial charge is 0.189 e. The summed E-state index contributed by atoms with van der Waals surface area (Å²) in [5.74, 6) is 1.48. The van der Waals surface area contributed by atoms with Crippen LogP contribution in [0.5, 0.6) is 5.75 Å². The number of ether oxygens (including phenoxy) is 1. The number of benzene rings is 2. The van der Waals surface area contributed by atoms with E-state index in [9.17, 15) is 0 Å². The lowest BCUT2D eigenvalue weighted by Gasteiger charge is -2.36. The van der Waals surface area contributed by atoms with Crippen molar-refractivity contribution in [2.24, 2.45) is 10.7 Å². The molecule has 2 aliphatic rings. The third-order valence-corrected chi connectivity index (χ3v) is 5.94. The van der Waals surface area contributed by atoms with Crippen LogP contribution in [-0.2, 0) is 0 Å². The molecule has 0 aromatic heterocycles. The first-order valence-electron chi connectivity index (χ1n) is 11.1. The van der Waals surface area contributed by atoms with Gasteiger partial charge in [-0.05, 0) is 37.6 Å². The third-order valence-electron chi connectivity index (χ3n) is 5.94. The molecule has 4 rings (SSSR count). The summed E-state index contributed by atoms with van der Waals surface area (Å²) in [4.78, 5) is 9.57. The molecule has 0 radical (unpaired) electrons. The molecule has 160 valence electrons. The van der Waals surface area contributed by atoms with E-state index in [1.807, 2.05) is 18.2 Å². The van der Waals surface area contributed by atoms with Crippen LogP contribution in [0.3, 0.4) is 0 Å². The van der Waals surface area contributed by atoms with Crippen molar-refractivity contribution >= 4 is 11.6 Å². The van der Waals surface area contributed by atoms with Gasteiger partial charge < -0.3 is 20.7 Å². The molecule has 0 amide bonds. The van der Waals surface area contributed by atoms with Crippen LogP contribution in [0.4, 0.5) is 5.69 Å². The molecular formula is C24H33N5O. The van der Waals surface area contributed by atoms with E-state index < -0.39 is 0 Å². The molecule has 0 aliphatic carbocycles. The van der Waals surface area contributed by atoms with E-state index in [0.717, 1.165) is 69.8 Å². The summed E-state index contributed by atoms with van der Waals surface area (Å²) in [5.41, 5.74) is 8.64. The van der Waals surface area contributed by atoms with Crippen molar-refractivity contribution in [1.29, 1.82) is 0 Å². The Morgan fingerprint density at radius 3 is 2.60 bits per heavy atom. The van der Waals surface area contributed by atoms with Gasteiger partial charge >= 0.3 is 0 Å². The van der Waals surface area contributed by atoms with Crippen molar-refractivity contribution in [2.45, 2.75) is 25.3 Å². The van der Waals surface area contributed by atoms with Gasteiger partial charge in [0.15, 0.2) is 5.96 Å². The lowest BCUT2D eigenvalue weighted by Crippen LogP contribution is -2.46. The van der Waals surface area contributed by atoms with Gasteiger partial charge in [-0.15, -0.1) is 0 Å². The minimum atomic E-state index is 0.180. The van der Waals surface area contributed by atoms with Crippen molar-refractivity contribution < 1.29 is 4.74 Å². The average Bonchev–Trinajstić information content (AvgIpc) is 2.80. The number of guanidine groups is 1. The lowest BCUT2D eigenvalue weighted by molar-refractivity contribution is 0.253. The Bertz CT molecular complexity index is 817.